The van der Waals surface area contributed by atoms with Crippen molar-refractivity contribution < 1.29 is 18.0 Å². The molecule has 1 unspecified atom stereocenters. The predicted octanol–water partition coefficient (Wildman–Crippen LogP) is 2.64. The SMILES string of the molecule is CCN(CC)Cc1cccc(CNC(=O)NC(CN)C(F)(F)F)c1.Cl. The topological polar surface area (TPSA) is 70.4 Å². The maximum Gasteiger partial charge on any atom is 0.409 e. The van der Waals surface area contributed by atoms with Crippen LogP contribution in [0.4, 0.5) is 18.0 Å². The smallest absolute Gasteiger partial charge is 0.334 e. The second-order valence-electron chi connectivity index (χ2n) is 5.44. The molecule has 0 radical (unpaired) electrons. The van der Waals surface area contributed by atoms with E-state index in [0.29, 0.717) is 0 Å². The molecular weight excluding hydrogens is 357 g/mol. The van der Waals surface area contributed by atoms with Crippen LogP contribution in [0, 0.1) is 0 Å². The van der Waals surface area contributed by atoms with Gasteiger partial charge in [0.15, 0.2) is 0 Å². The van der Waals surface area contributed by atoms with E-state index in [-0.39, 0.29) is 19.0 Å². The molecule has 0 spiro atoms. The fourth-order valence-corrected chi connectivity index (χ4v) is 2.21. The Labute approximate surface area is 152 Å². The van der Waals surface area contributed by atoms with E-state index in [0.717, 1.165) is 30.8 Å². The highest BCUT2D eigenvalue weighted by molar-refractivity contribution is 5.85. The minimum absolute atomic E-state index is 0. The number of hydrogen-bond donors (Lipinski definition) is 3. The van der Waals surface area contributed by atoms with Gasteiger partial charge in [-0.1, -0.05) is 38.1 Å². The Kier molecular flexibility index (Phi) is 10.5. The van der Waals surface area contributed by atoms with Gasteiger partial charge < -0.3 is 16.4 Å². The summed E-state index contributed by atoms with van der Waals surface area (Å²) >= 11 is 0. The standard InChI is InChI=1S/C16H25F3N4O.ClH/c1-3-23(4-2)11-13-7-5-6-12(8-13)10-21-15(24)22-14(9-20)16(17,18)19;/h5-8,14H,3-4,9-11,20H2,1-2H3,(H2,21,22,24);1H. The summed E-state index contributed by atoms with van der Waals surface area (Å²) in [5.41, 5.74) is 6.96. The number of carbonyl (C=O) groups excluding carboxylic acids is 1. The summed E-state index contributed by atoms with van der Waals surface area (Å²) in [4.78, 5) is 13.8. The Balaban J connectivity index is 0.00000576. The van der Waals surface area contributed by atoms with Crippen LogP contribution < -0.4 is 16.4 Å². The van der Waals surface area contributed by atoms with E-state index < -0.39 is 24.8 Å². The number of urea groups is 1. The summed E-state index contributed by atoms with van der Waals surface area (Å²) in [6.07, 6.45) is -4.56. The first kappa shape index (κ1) is 23.5. The zero-order chi connectivity index (χ0) is 18.2. The minimum Gasteiger partial charge on any atom is -0.334 e. The van der Waals surface area contributed by atoms with Crippen molar-refractivity contribution in [3.05, 3.63) is 35.4 Å². The number of amides is 2. The van der Waals surface area contributed by atoms with Crippen molar-refractivity contribution in [2.45, 2.75) is 39.2 Å². The van der Waals surface area contributed by atoms with E-state index in [2.05, 4.69) is 24.1 Å². The summed E-state index contributed by atoms with van der Waals surface area (Å²) in [5.74, 6) is 0. The van der Waals surface area contributed by atoms with Crippen LogP contribution in [0.2, 0.25) is 0 Å². The van der Waals surface area contributed by atoms with Gasteiger partial charge in [-0.15, -0.1) is 12.4 Å². The average molecular weight is 383 g/mol. The molecule has 1 aromatic rings. The van der Waals surface area contributed by atoms with Gasteiger partial charge >= 0.3 is 12.2 Å². The zero-order valence-electron chi connectivity index (χ0n) is 14.4. The molecule has 0 aliphatic carbocycles. The molecule has 5 nitrogen and oxygen atoms in total. The summed E-state index contributed by atoms with van der Waals surface area (Å²) < 4.78 is 37.7. The Morgan fingerprint density at radius 2 is 1.84 bits per heavy atom. The Morgan fingerprint density at radius 3 is 2.36 bits per heavy atom. The summed E-state index contributed by atoms with van der Waals surface area (Å²) in [5, 5.41) is 4.26. The number of nitrogens with zero attached hydrogens (tertiary/aromatic N) is 1. The van der Waals surface area contributed by atoms with Crippen LogP contribution in [0.1, 0.15) is 25.0 Å². The molecule has 0 aliphatic heterocycles. The number of carbonyl (C=O) groups is 1. The van der Waals surface area contributed by atoms with Crippen LogP contribution in [0.25, 0.3) is 0 Å². The van der Waals surface area contributed by atoms with Gasteiger partial charge in [-0.05, 0) is 24.2 Å². The van der Waals surface area contributed by atoms with Crippen LogP contribution >= 0.6 is 12.4 Å². The van der Waals surface area contributed by atoms with Crippen molar-refractivity contribution in [1.29, 1.82) is 0 Å². The number of rotatable bonds is 8. The van der Waals surface area contributed by atoms with Crippen molar-refractivity contribution >= 4 is 18.4 Å². The van der Waals surface area contributed by atoms with E-state index in [9.17, 15) is 18.0 Å². The number of hydrogen-bond acceptors (Lipinski definition) is 3. The predicted molar refractivity (Wildman–Crippen MR) is 94.6 cm³/mol. The monoisotopic (exact) mass is 382 g/mol. The number of alkyl halides is 3. The molecule has 0 fully saturated rings. The second-order valence-corrected chi connectivity index (χ2v) is 5.44. The summed E-state index contributed by atoms with van der Waals surface area (Å²) in [6.45, 7) is 6.25. The highest BCUT2D eigenvalue weighted by Gasteiger charge is 2.39. The van der Waals surface area contributed by atoms with Crippen molar-refractivity contribution in [3.63, 3.8) is 0 Å². The normalized spacial score (nSPS) is 12.4. The van der Waals surface area contributed by atoms with Gasteiger partial charge in [0.25, 0.3) is 0 Å². The fraction of sp³-hybridized carbons (Fsp3) is 0.562. The van der Waals surface area contributed by atoms with Crippen molar-refractivity contribution in [2.75, 3.05) is 19.6 Å². The molecule has 1 atom stereocenters. The lowest BCUT2D eigenvalue weighted by molar-refractivity contribution is -0.150. The lowest BCUT2D eigenvalue weighted by atomic mass is 10.1. The third-order valence-electron chi connectivity index (χ3n) is 3.68. The molecule has 4 N–H and O–H groups in total. The number of nitrogens with one attached hydrogen (secondary N) is 2. The van der Waals surface area contributed by atoms with Crippen LogP contribution in [0.5, 0.6) is 0 Å². The lowest BCUT2D eigenvalue weighted by Crippen LogP contribution is -2.52. The van der Waals surface area contributed by atoms with Crippen LogP contribution in [-0.2, 0) is 13.1 Å². The molecule has 0 aromatic heterocycles. The molecule has 0 heterocycles. The maximum absolute atomic E-state index is 12.6. The van der Waals surface area contributed by atoms with E-state index in [1.807, 2.05) is 29.6 Å². The Bertz CT molecular complexity index is 524. The number of halogens is 4. The number of nitrogens with two attached hydrogens (primary N) is 1. The average Bonchev–Trinajstić information content (AvgIpc) is 2.55. The van der Waals surface area contributed by atoms with Crippen LogP contribution in [-0.4, -0.2) is 42.8 Å². The molecule has 0 aliphatic rings. The van der Waals surface area contributed by atoms with Crippen LogP contribution in [0.3, 0.4) is 0 Å². The largest absolute Gasteiger partial charge is 0.409 e. The van der Waals surface area contributed by atoms with Crippen molar-refractivity contribution in [3.8, 4) is 0 Å². The molecule has 9 heteroatoms. The first-order chi connectivity index (χ1) is 11.3. The van der Waals surface area contributed by atoms with E-state index in [1.165, 1.54) is 0 Å². The molecule has 25 heavy (non-hydrogen) atoms. The molecular formula is C16H26ClF3N4O. The minimum atomic E-state index is -4.56. The number of benzene rings is 1. The first-order valence-corrected chi connectivity index (χ1v) is 7.91. The van der Waals surface area contributed by atoms with Crippen molar-refractivity contribution in [1.82, 2.24) is 15.5 Å². The van der Waals surface area contributed by atoms with Crippen molar-refractivity contribution in [2.24, 2.45) is 5.73 Å². The molecule has 144 valence electrons. The second kappa shape index (κ2) is 11.2. The van der Waals surface area contributed by atoms with E-state index >= 15 is 0 Å². The summed E-state index contributed by atoms with van der Waals surface area (Å²) in [6, 6.07) is 4.66. The Morgan fingerprint density at radius 1 is 1.24 bits per heavy atom. The molecule has 0 saturated heterocycles. The molecule has 0 bridgehead atoms. The van der Waals surface area contributed by atoms with Gasteiger partial charge in [0.05, 0.1) is 0 Å². The quantitative estimate of drug-likeness (QED) is 0.647. The van der Waals surface area contributed by atoms with Gasteiger partial charge in [-0.25, -0.2) is 4.79 Å². The first-order valence-electron chi connectivity index (χ1n) is 7.91. The molecule has 2 amide bonds. The van der Waals surface area contributed by atoms with Crippen LogP contribution in [0.15, 0.2) is 24.3 Å². The highest BCUT2D eigenvalue weighted by atomic mass is 35.5. The zero-order valence-corrected chi connectivity index (χ0v) is 15.2. The van der Waals surface area contributed by atoms with Gasteiger partial charge in [0.2, 0.25) is 0 Å². The third-order valence-corrected chi connectivity index (χ3v) is 3.68. The van der Waals surface area contributed by atoms with Gasteiger partial charge in [-0.3, -0.25) is 4.90 Å². The fourth-order valence-electron chi connectivity index (χ4n) is 2.21. The molecule has 1 aromatic carbocycles. The van der Waals surface area contributed by atoms with Gasteiger partial charge in [0, 0.05) is 19.6 Å². The van der Waals surface area contributed by atoms with Gasteiger partial charge in [-0.2, -0.15) is 13.2 Å². The van der Waals surface area contributed by atoms with E-state index in [1.54, 1.807) is 0 Å². The van der Waals surface area contributed by atoms with Gasteiger partial charge in [0.1, 0.15) is 6.04 Å². The van der Waals surface area contributed by atoms with E-state index in [4.69, 9.17) is 5.73 Å². The highest BCUT2D eigenvalue weighted by Crippen LogP contribution is 2.19. The summed E-state index contributed by atoms with van der Waals surface area (Å²) in [7, 11) is 0. The molecule has 0 saturated carbocycles. The molecule has 1 rings (SSSR count). The third kappa shape index (κ3) is 8.42. The lowest BCUT2D eigenvalue weighted by Gasteiger charge is -2.20. The Hall–Kier alpha value is -1.51. The maximum atomic E-state index is 12.6.